The van der Waals surface area contributed by atoms with Gasteiger partial charge in [-0.25, -0.2) is 21.1 Å². The summed E-state index contributed by atoms with van der Waals surface area (Å²) in [6, 6.07) is 5.89. The smallest absolute Gasteiger partial charge is 0.726 e. The Balaban J connectivity index is 0.00000242. The maximum Gasteiger partial charge on any atom is 1.00 e. The second-order valence-electron chi connectivity index (χ2n) is 4.32. The number of hydrogen-bond acceptors (Lipinski definition) is 7. The van der Waals surface area contributed by atoms with Crippen molar-refractivity contribution in [2.75, 3.05) is 13.2 Å². The molecule has 0 N–H and O–H groups in total. The third-order valence-electron chi connectivity index (χ3n) is 2.90. The first kappa shape index (κ1) is 20.2. The number of fused-ring (bicyclic) bond motifs is 1. The number of unbranched alkanes of at least 4 members (excludes halogenated alkanes) is 1. The van der Waals surface area contributed by atoms with E-state index in [1.165, 1.54) is 18.2 Å². The van der Waals surface area contributed by atoms with Crippen LogP contribution in [0.15, 0.2) is 29.2 Å². The molecule has 1 amide bonds. The molecular formula is C11H12KNO7S2. The van der Waals surface area contributed by atoms with Gasteiger partial charge in [0.15, 0.2) is 0 Å². The monoisotopic (exact) mass is 373 g/mol. The Hall–Kier alpha value is 0.146. The summed E-state index contributed by atoms with van der Waals surface area (Å²) in [5.41, 5.74) is 0.121. The summed E-state index contributed by atoms with van der Waals surface area (Å²) in [5, 5.41) is 0. The van der Waals surface area contributed by atoms with E-state index in [-0.39, 0.29) is 87.8 Å². The van der Waals surface area contributed by atoms with Gasteiger partial charge in [0.25, 0.3) is 15.9 Å². The van der Waals surface area contributed by atoms with Crippen LogP contribution in [-0.4, -0.2) is 44.8 Å². The number of sulfonamides is 1. The molecule has 0 fully saturated rings. The average Bonchev–Trinajstić information content (AvgIpc) is 2.58. The van der Waals surface area contributed by atoms with Crippen LogP contribution in [-0.2, 0) is 24.6 Å². The molecule has 8 nitrogen and oxygen atoms in total. The van der Waals surface area contributed by atoms with Crippen LogP contribution in [0.3, 0.4) is 0 Å². The molecule has 1 heterocycles. The van der Waals surface area contributed by atoms with Gasteiger partial charge in [-0.3, -0.25) is 8.98 Å². The summed E-state index contributed by atoms with van der Waals surface area (Å²) >= 11 is 0. The molecule has 0 saturated carbocycles. The zero-order valence-corrected chi connectivity index (χ0v) is 16.5. The van der Waals surface area contributed by atoms with Crippen molar-refractivity contribution in [1.29, 1.82) is 0 Å². The van der Waals surface area contributed by atoms with Crippen molar-refractivity contribution in [2.45, 2.75) is 17.7 Å². The quantitative estimate of drug-likeness (QED) is 0.227. The van der Waals surface area contributed by atoms with Crippen molar-refractivity contribution in [1.82, 2.24) is 4.31 Å². The van der Waals surface area contributed by atoms with Crippen molar-refractivity contribution in [2.24, 2.45) is 0 Å². The first-order valence-corrected chi connectivity index (χ1v) is 8.77. The fraction of sp³-hybridized carbons (Fsp3) is 0.364. The molecule has 1 aliphatic heterocycles. The molecule has 116 valence electrons. The molecule has 0 spiro atoms. The van der Waals surface area contributed by atoms with Gasteiger partial charge in [0, 0.05) is 6.54 Å². The van der Waals surface area contributed by atoms with Crippen LogP contribution in [0.5, 0.6) is 0 Å². The number of carbonyl (C=O) groups is 1. The number of benzene rings is 1. The third-order valence-corrected chi connectivity index (χ3v) is 5.19. The third kappa shape index (κ3) is 4.58. The van der Waals surface area contributed by atoms with Crippen LogP contribution < -0.4 is 51.4 Å². The normalized spacial score (nSPS) is 16.2. The van der Waals surface area contributed by atoms with Crippen LogP contribution in [0, 0.1) is 0 Å². The predicted molar refractivity (Wildman–Crippen MR) is 69.5 cm³/mol. The van der Waals surface area contributed by atoms with Gasteiger partial charge in [0.05, 0.1) is 12.2 Å². The SMILES string of the molecule is O=C1c2ccccc2S(=O)(=O)N1CCCCOS(=O)(=O)[O-].[K+]. The fourth-order valence-corrected chi connectivity index (χ4v) is 3.90. The Morgan fingerprint density at radius 2 is 1.82 bits per heavy atom. The second kappa shape index (κ2) is 7.81. The van der Waals surface area contributed by atoms with Crippen molar-refractivity contribution in [3.05, 3.63) is 29.8 Å². The summed E-state index contributed by atoms with van der Waals surface area (Å²) in [6.45, 7) is -0.445. The molecule has 0 saturated heterocycles. The molecular weight excluding hydrogens is 361 g/mol. The molecule has 0 atom stereocenters. The Bertz CT molecular complexity index is 760. The Morgan fingerprint density at radius 3 is 2.41 bits per heavy atom. The van der Waals surface area contributed by atoms with Gasteiger partial charge in [-0.05, 0) is 25.0 Å². The maximum absolute atomic E-state index is 12.1. The number of rotatable bonds is 6. The Kier molecular flexibility index (Phi) is 7.17. The average molecular weight is 373 g/mol. The molecule has 11 heteroatoms. The van der Waals surface area contributed by atoms with E-state index in [1.807, 2.05) is 0 Å². The van der Waals surface area contributed by atoms with Gasteiger partial charge in [-0.1, -0.05) is 12.1 Å². The first-order valence-electron chi connectivity index (χ1n) is 6.00. The van der Waals surface area contributed by atoms with E-state index in [2.05, 4.69) is 4.18 Å². The molecule has 0 unspecified atom stereocenters. The standard InChI is InChI=1S/C11H13NO7S2.K/c13-11-9-5-1-2-6-10(9)20(14,15)12(11)7-3-4-8-19-21(16,17)18;/h1-2,5-6H,3-4,7-8H2,(H,16,17,18);/q;+1/p-1. The van der Waals surface area contributed by atoms with Crippen LogP contribution in [0.4, 0.5) is 0 Å². The Labute approximate surface area is 171 Å². The van der Waals surface area contributed by atoms with E-state index >= 15 is 0 Å². The zero-order chi connectivity index (χ0) is 15.7. The van der Waals surface area contributed by atoms with Gasteiger partial charge in [-0.15, -0.1) is 0 Å². The molecule has 0 bridgehead atoms. The molecule has 1 aromatic carbocycles. The molecule has 1 aromatic rings. The van der Waals surface area contributed by atoms with E-state index in [1.54, 1.807) is 6.07 Å². The topological polar surface area (TPSA) is 121 Å². The summed E-state index contributed by atoms with van der Waals surface area (Å²) in [4.78, 5) is 12.0. The van der Waals surface area contributed by atoms with Crippen molar-refractivity contribution < 1.29 is 81.8 Å². The van der Waals surface area contributed by atoms with E-state index in [9.17, 15) is 26.2 Å². The van der Waals surface area contributed by atoms with E-state index in [0.717, 1.165) is 4.31 Å². The fourth-order valence-electron chi connectivity index (χ4n) is 1.97. The summed E-state index contributed by atoms with van der Waals surface area (Å²) in [6.07, 6.45) is 0.325. The summed E-state index contributed by atoms with van der Waals surface area (Å²) < 4.78 is 59.7. The minimum Gasteiger partial charge on any atom is -0.726 e. The van der Waals surface area contributed by atoms with Gasteiger partial charge >= 0.3 is 51.4 Å². The number of amides is 1. The van der Waals surface area contributed by atoms with Crippen molar-refractivity contribution >= 4 is 26.3 Å². The number of nitrogens with zero attached hydrogens (tertiary/aromatic N) is 1. The summed E-state index contributed by atoms with van der Waals surface area (Å²) in [7, 11) is -8.60. The van der Waals surface area contributed by atoms with E-state index in [0.29, 0.717) is 0 Å². The van der Waals surface area contributed by atoms with Crippen LogP contribution in [0.2, 0.25) is 0 Å². The molecule has 0 aromatic heterocycles. The van der Waals surface area contributed by atoms with Crippen LogP contribution in [0.25, 0.3) is 0 Å². The minimum atomic E-state index is -4.75. The predicted octanol–water partition coefficient (Wildman–Crippen LogP) is -2.91. The second-order valence-corrected chi connectivity index (χ2v) is 7.20. The van der Waals surface area contributed by atoms with Crippen molar-refractivity contribution in [3.63, 3.8) is 0 Å². The molecule has 22 heavy (non-hydrogen) atoms. The first-order chi connectivity index (χ1) is 9.73. The van der Waals surface area contributed by atoms with E-state index < -0.39 is 26.3 Å². The molecule has 1 aliphatic rings. The van der Waals surface area contributed by atoms with Crippen molar-refractivity contribution in [3.8, 4) is 0 Å². The van der Waals surface area contributed by atoms with E-state index in [4.69, 9.17) is 0 Å². The number of carbonyl (C=O) groups excluding carboxylic acids is 1. The maximum atomic E-state index is 12.1. The molecule has 0 aliphatic carbocycles. The molecule has 0 radical (unpaired) electrons. The van der Waals surface area contributed by atoms with Gasteiger partial charge in [-0.2, -0.15) is 0 Å². The Morgan fingerprint density at radius 1 is 1.18 bits per heavy atom. The van der Waals surface area contributed by atoms with Crippen LogP contribution in [0.1, 0.15) is 23.2 Å². The van der Waals surface area contributed by atoms with Gasteiger partial charge in [0.1, 0.15) is 4.90 Å². The minimum absolute atomic E-state index is 0. The zero-order valence-electron chi connectivity index (χ0n) is 11.8. The van der Waals surface area contributed by atoms with Crippen LogP contribution >= 0.6 is 0 Å². The van der Waals surface area contributed by atoms with Gasteiger partial charge in [0.2, 0.25) is 10.4 Å². The number of hydrogen-bond donors (Lipinski definition) is 0. The largest absolute Gasteiger partial charge is 1.00 e. The summed E-state index contributed by atoms with van der Waals surface area (Å²) in [5.74, 6) is -0.608. The molecule has 2 rings (SSSR count). The van der Waals surface area contributed by atoms with Gasteiger partial charge < -0.3 is 4.55 Å².